The zero-order chi connectivity index (χ0) is 17.6. The average Bonchev–Trinajstić information content (AvgIpc) is 2.60. The fourth-order valence-corrected chi connectivity index (χ4v) is 3.26. The van der Waals surface area contributed by atoms with Crippen LogP contribution in [0.15, 0.2) is 12.2 Å². The third-order valence-corrected chi connectivity index (χ3v) is 4.94. The van der Waals surface area contributed by atoms with Gasteiger partial charge in [-0.05, 0) is 45.7 Å². The van der Waals surface area contributed by atoms with Crippen molar-refractivity contribution in [2.24, 2.45) is 0 Å². The summed E-state index contributed by atoms with van der Waals surface area (Å²) in [5.41, 5.74) is 0. The summed E-state index contributed by atoms with van der Waals surface area (Å²) in [6, 6.07) is 0. The first kappa shape index (κ1) is 23.7. The topological polar surface area (TPSA) is 12.0 Å². The largest absolute Gasteiger partial charge is 0.320 e. The van der Waals surface area contributed by atoms with Crippen molar-refractivity contribution in [3.05, 3.63) is 12.2 Å². The van der Waals surface area contributed by atoms with Crippen LogP contribution in [0.1, 0.15) is 122 Å². The van der Waals surface area contributed by atoms with E-state index in [2.05, 4.69) is 24.4 Å². The summed E-state index contributed by atoms with van der Waals surface area (Å²) in [4.78, 5) is 0. The van der Waals surface area contributed by atoms with Gasteiger partial charge >= 0.3 is 0 Å². The molecular weight excluding hydrogens is 290 g/mol. The molecule has 0 aliphatic rings. The zero-order valence-electron chi connectivity index (χ0n) is 17.1. The summed E-state index contributed by atoms with van der Waals surface area (Å²) in [5, 5.41) is 3.22. The lowest BCUT2D eigenvalue weighted by Crippen LogP contribution is -2.06. The third-order valence-electron chi connectivity index (χ3n) is 4.94. The molecule has 0 heterocycles. The Bertz CT molecular complexity index is 234. The van der Waals surface area contributed by atoms with Gasteiger partial charge in [0, 0.05) is 0 Å². The van der Waals surface area contributed by atoms with Crippen molar-refractivity contribution in [1.82, 2.24) is 5.32 Å². The molecule has 0 bridgehead atoms. The number of hydrogen-bond acceptors (Lipinski definition) is 1. The molecule has 0 aromatic heterocycles. The Labute approximate surface area is 154 Å². The van der Waals surface area contributed by atoms with Gasteiger partial charge in [0.15, 0.2) is 0 Å². The molecule has 1 N–H and O–H groups in total. The van der Waals surface area contributed by atoms with Crippen LogP contribution in [0.4, 0.5) is 0 Å². The van der Waals surface area contributed by atoms with E-state index >= 15 is 0 Å². The maximum Gasteiger partial charge on any atom is -0.00519 e. The second-order valence-corrected chi connectivity index (χ2v) is 7.46. The molecule has 0 spiro atoms. The highest BCUT2D eigenvalue weighted by Gasteiger charge is 1.93. The van der Waals surface area contributed by atoms with Crippen molar-refractivity contribution in [1.29, 1.82) is 0 Å². The van der Waals surface area contributed by atoms with Crippen LogP contribution in [-0.2, 0) is 0 Å². The normalized spacial score (nSPS) is 11.6. The van der Waals surface area contributed by atoms with Crippen LogP contribution in [0.25, 0.3) is 0 Å². The summed E-state index contributed by atoms with van der Waals surface area (Å²) in [7, 11) is 2.05. The van der Waals surface area contributed by atoms with Crippen molar-refractivity contribution < 1.29 is 0 Å². The van der Waals surface area contributed by atoms with E-state index in [-0.39, 0.29) is 0 Å². The van der Waals surface area contributed by atoms with E-state index in [1.807, 2.05) is 7.05 Å². The third kappa shape index (κ3) is 21.7. The minimum absolute atomic E-state index is 1.19. The second kappa shape index (κ2) is 22.7. The van der Waals surface area contributed by atoms with Crippen molar-refractivity contribution in [2.45, 2.75) is 122 Å². The summed E-state index contributed by atoms with van der Waals surface area (Å²) < 4.78 is 0. The minimum atomic E-state index is 1.19. The highest BCUT2D eigenvalue weighted by molar-refractivity contribution is 4.81. The standard InChI is InChI=1S/C23H47N/c1-3-4-5-6-7-8-9-10-11-12-13-14-15-16-17-18-19-20-21-22-23-24-2/h10-11,24H,3-9,12-23H2,1-2H3. The van der Waals surface area contributed by atoms with Crippen LogP contribution in [0, 0.1) is 0 Å². The highest BCUT2D eigenvalue weighted by atomic mass is 14.8. The van der Waals surface area contributed by atoms with E-state index in [0.29, 0.717) is 0 Å². The van der Waals surface area contributed by atoms with E-state index in [9.17, 15) is 0 Å². The van der Waals surface area contributed by atoms with E-state index in [1.165, 1.54) is 122 Å². The quantitative estimate of drug-likeness (QED) is 0.176. The van der Waals surface area contributed by atoms with Gasteiger partial charge < -0.3 is 5.32 Å². The van der Waals surface area contributed by atoms with E-state index in [4.69, 9.17) is 0 Å². The Morgan fingerprint density at radius 3 is 1.29 bits per heavy atom. The number of allylic oxidation sites excluding steroid dienone is 2. The molecule has 24 heavy (non-hydrogen) atoms. The molecule has 0 saturated carbocycles. The second-order valence-electron chi connectivity index (χ2n) is 7.46. The van der Waals surface area contributed by atoms with Crippen molar-refractivity contribution in [3.63, 3.8) is 0 Å². The van der Waals surface area contributed by atoms with Gasteiger partial charge in [-0.1, -0.05) is 103 Å². The molecule has 0 unspecified atom stereocenters. The molecule has 1 heteroatoms. The predicted octanol–water partition coefficient (Wildman–Crippen LogP) is 7.80. The number of rotatable bonds is 20. The van der Waals surface area contributed by atoms with E-state index < -0.39 is 0 Å². The van der Waals surface area contributed by atoms with E-state index in [0.717, 1.165) is 0 Å². The fourth-order valence-electron chi connectivity index (χ4n) is 3.26. The highest BCUT2D eigenvalue weighted by Crippen LogP contribution is 2.12. The maximum absolute atomic E-state index is 3.22. The molecule has 1 nitrogen and oxygen atoms in total. The van der Waals surface area contributed by atoms with Crippen molar-refractivity contribution in [3.8, 4) is 0 Å². The molecular formula is C23H47N. The van der Waals surface area contributed by atoms with Gasteiger partial charge in [0.25, 0.3) is 0 Å². The first-order valence-corrected chi connectivity index (χ1v) is 11.2. The molecule has 0 saturated heterocycles. The molecule has 0 atom stereocenters. The first-order chi connectivity index (χ1) is 11.9. The van der Waals surface area contributed by atoms with E-state index in [1.54, 1.807) is 0 Å². The van der Waals surface area contributed by atoms with Gasteiger partial charge in [-0.25, -0.2) is 0 Å². The molecule has 0 fully saturated rings. The molecule has 144 valence electrons. The van der Waals surface area contributed by atoms with Crippen molar-refractivity contribution in [2.75, 3.05) is 13.6 Å². The van der Waals surface area contributed by atoms with Gasteiger partial charge in [-0.15, -0.1) is 0 Å². The SMILES string of the molecule is CCCCCCCCC=CCCCCCCCCCCCCNC. The number of hydrogen-bond donors (Lipinski definition) is 1. The molecule has 0 aliphatic carbocycles. The van der Waals surface area contributed by atoms with Gasteiger partial charge in [0.05, 0.1) is 0 Å². The first-order valence-electron chi connectivity index (χ1n) is 11.2. The lowest BCUT2D eigenvalue weighted by Gasteiger charge is -2.02. The van der Waals surface area contributed by atoms with Crippen LogP contribution >= 0.6 is 0 Å². The Hall–Kier alpha value is -0.300. The summed E-state index contributed by atoms with van der Waals surface area (Å²) >= 11 is 0. The summed E-state index contributed by atoms with van der Waals surface area (Å²) in [6.07, 6.45) is 30.3. The lowest BCUT2D eigenvalue weighted by atomic mass is 10.1. The zero-order valence-corrected chi connectivity index (χ0v) is 17.1. The minimum Gasteiger partial charge on any atom is -0.320 e. The van der Waals surface area contributed by atoms with Crippen LogP contribution in [0.5, 0.6) is 0 Å². The Balaban J connectivity index is 3.03. The Kier molecular flexibility index (Phi) is 22.4. The summed E-state index contributed by atoms with van der Waals surface area (Å²) in [5.74, 6) is 0. The Morgan fingerprint density at radius 2 is 0.875 bits per heavy atom. The summed E-state index contributed by atoms with van der Waals surface area (Å²) in [6.45, 7) is 3.48. The molecule has 0 radical (unpaired) electrons. The number of unbranched alkanes of at least 4 members (excludes halogenated alkanes) is 16. The van der Waals surface area contributed by atoms with Gasteiger partial charge in [0.2, 0.25) is 0 Å². The van der Waals surface area contributed by atoms with Gasteiger partial charge in [0.1, 0.15) is 0 Å². The van der Waals surface area contributed by atoms with Crippen LogP contribution < -0.4 is 5.32 Å². The molecule has 0 aliphatic heterocycles. The predicted molar refractivity (Wildman–Crippen MR) is 112 cm³/mol. The lowest BCUT2D eigenvalue weighted by molar-refractivity contribution is 0.548. The molecule has 0 rings (SSSR count). The molecule has 0 aromatic carbocycles. The maximum atomic E-state index is 3.22. The Morgan fingerprint density at radius 1 is 0.500 bits per heavy atom. The van der Waals surface area contributed by atoms with Crippen molar-refractivity contribution >= 4 is 0 Å². The molecule has 0 aromatic rings. The number of nitrogens with one attached hydrogen (secondary N) is 1. The van der Waals surface area contributed by atoms with Crippen LogP contribution in [0.2, 0.25) is 0 Å². The molecule has 0 amide bonds. The fraction of sp³-hybridized carbons (Fsp3) is 0.913. The van der Waals surface area contributed by atoms with Crippen LogP contribution in [-0.4, -0.2) is 13.6 Å². The van der Waals surface area contributed by atoms with Gasteiger partial charge in [-0.2, -0.15) is 0 Å². The van der Waals surface area contributed by atoms with Gasteiger partial charge in [-0.3, -0.25) is 0 Å². The smallest absolute Gasteiger partial charge is 0.00519 e. The van der Waals surface area contributed by atoms with Crippen LogP contribution in [0.3, 0.4) is 0 Å². The average molecular weight is 338 g/mol. The monoisotopic (exact) mass is 337 g/mol.